The standard InChI is InChI=1S/C4H6O3.FH2O4P/c1-2-3-7-4(5)6;1-5-6(2,3)4/h2H,1,3H2,(H,5,6);(H2,2,3,4). The van der Waals surface area contributed by atoms with Crippen molar-refractivity contribution in [2.24, 2.45) is 0 Å². The number of hydrogen-bond acceptors (Lipinski definition) is 4. The molecule has 0 unspecified atom stereocenters. The number of carbonyl (C=O) groups is 1. The first-order chi connectivity index (χ1) is 5.83. The summed E-state index contributed by atoms with van der Waals surface area (Å²) in [5.74, 6) is 0. The fourth-order valence-electron chi connectivity index (χ4n) is 0.130. The maximum atomic E-state index is 10.2. The van der Waals surface area contributed by atoms with Crippen molar-refractivity contribution in [3.63, 3.8) is 0 Å². The molecule has 3 N–H and O–H groups in total. The van der Waals surface area contributed by atoms with E-state index in [9.17, 15) is 9.32 Å². The van der Waals surface area contributed by atoms with E-state index < -0.39 is 14.0 Å². The Hall–Kier alpha value is -0.950. The fourth-order valence-corrected chi connectivity index (χ4v) is 0.130. The van der Waals surface area contributed by atoms with Crippen molar-refractivity contribution in [2.45, 2.75) is 0 Å². The molecule has 7 nitrogen and oxygen atoms in total. The van der Waals surface area contributed by atoms with Crippen LogP contribution < -0.4 is 0 Å². The maximum absolute atomic E-state index is 10.2. The highest BCUT2D eigenvalue weighted by Crippen LogP contribution is 2.35. The summed E-state index contributed by atoms with van der Waals surface area (Å²) in [5.41, 5.74) is 0. The number of rotatable bonds is 3. The number of carboxylic acid groups (broad SMARTS) is 1. The summed E-state index contributed by atoms with van der Waals surface area (Å²) in [5, 5.41) is 7.77. The Bertz CT molecular complexity index is 199. The average Bonchev–Trinajstić information content (AvgIpc) is 2.01. The van der Waals surface area contributed by atoms with Crippen LogP contribution in [0.15, 0.2) is 12.7 Å². The SMILES string of the molecule is C=CCOC(=O)O.O=P(O)(O)OF. The second-order valence-electron chi connectivity index (χ2n) is 1.43. The molecule has 0 fully saturated rings. The van der Waals surface area contributed by atoms with Gasteiger partial charge < -0.3 is 19.6 Å². The van der Waals surface area contributed by atoms with Crippen molar-refractivity contribution in [2.75, 3.05) is 6.61 Å². The zero-order valence-corrected chi connectivity index (χ0v) is 7.19. The summed E-state index contributed by atoms with van der Waals surface area (Å²) in [4.78, 5) is 24.2. The molecule has 0 aromatic heterocycles. The van der Waals surface area contributed by atoms with Crippen molar-refractivity contribution >= 4 is 14.0 Å². The van der Waals surface area contributed by atoms with E-state index in [1.165, 1.54) is 6.08 Å². The Labute approximate surface area is 72.5 Å². The zero-order chi connectivity index (χ0) is 10.9. The van der Waals surface area contributed by atoms with E-state index >= 15 is 0 Å². The third-order valence-electron chi connectivity index (χ3n) is 0.415. The van der Waals surface area contributed by atoms with E-state index in [0.29, 0.717) is 0 Å². The molecular weight excluding hydrogens is 210 g/mol. The van der Waals surface area contributed by atoms with E-state index in [1.807, 2.05) is 0 Å². The molecule has 0 aromatic carbocycles. The first-order valence-corrected chi connectivity index (χ1v) is 4.19. The highest BCUT2D eigenvalue weighted by molar-refractivity contribution is 7.46. The average molecular weight is 218 g/mol. The van der Waals surface area contributed by atoms with E-state index in [4.69, 9.17) is 19.5 Å². The van der Waals surface area contributed by atoms with Crippen LogP contribution >= 0.6 is 7.82 Å². The minimum absolute atomic E-state index is 0.0648. The largest absolute Gasteiger partial charge is 0.506 e. The maximum Gasteiger partial charge on any atom is 0.506 e. The first-order valence-electron chi connectivity index (χ1n) is 2.66. The van der Waals surface area contributed by atoms with Gasteiger partial charge in [-0.25, -0.2) is 9.36 Å². The molecule has 0 rings (SSSR count). The molecule has 0 aliphatic rings. The highest BCUT2D eigenvalue weighted by Gasteiger charge is 2.12. The molecule has 13 heavy (non-hydrogen) atoms. The van der Waals surface area contributed by atoms with E-state index in [-0.39, 0.29) is 6.61 Å². The van der Waals surface area contributed by atoms with Gasteiger partial charge in [-0.3, -0.25) is 0 Å². The molecule has 0 radical (unpaired) electrons. The van der Waals surface area contributed by atoms with Crippen LogP contribution in [-0.4, -0.2) is 27.7 Å². The summed E-state index contributed by atoms with van der Waals surface area (Å²) in [6.45, 7) is 3.31. The number of ether oxygens (including phenoxy) is 1. The molecule has 0 atom stereocenters. The van der Waals surface area contributed by atoms with Crippen LogP contribution in [0.5, 0.6) is 0 Å². The van der Waals surface area contributed by atoms with E-state index in [2.05, 4.69) is 16.0 Å². The molecule has 0 saturated heterocycles. The second kappa shape index (κ2) is 7.69. The van der Waals surface area contributed by atoms with Gasteiger partial charge in [0.05, 0.1) is 0 Å². The Morgan fingerprint density at radius 3 is 2.08 bits per heavy atom. The van der Waals surface area contributed by atoms with Crippen molar-refractivity contribution in [1.82, 2.24) is 0 Å². The third-order valence-corrected chi connectivity index (χ3v) is 0.594. The first kappa shape index (κ1) is 14.6. The number of halogens is 1. The molecule has 0 aliphatic heterocycles. The lowest BCUT2D eigenvalue weighted by molar-refractivity contribution is -0.0389. The molecule has 0 saturated carbocycles. The second-order valence-corrected chi connectivity index (χ2v) is 2.54. The Kier molecular flexibility index (Phi) is 8.61. The van der Waals surface area contributed by atoms with Crippen LogP contribution in [0, 0.1) is 0 Å². The van der Waals surface area contributed by atoms with Crippen LogP contribution in [0.25, 0.3) is 0 Å². The van der Waals surface area contributed by atoms with Crippen molar-refractivity contribution in [3.8, 4) is 0 Å². The lowest BCUT2D eigenvalue weighted by atomic mass is 10.7. The van der Waals surface area contributed by atoms with Crippen molar-refractivity contribution < 1.29 is 38.2 Å². The molecular formula is C4H8FO7P. The van der Waals surface area contributed by atoms with Gasteiger partial charge in [-0.05, 0) is 4.53 Å². The Morgan fingerprint density at radius 1 is 1.62 bits per heavy atom. The van der Waals surface area contributed by atoms with Gasteiger partial charge in [0.2, 0.25) is 0 Å². The lowest BCUT2D eigenvalue weighted by Crippen LogP contribution is -1.98. The number of hydrogen-bond donors (Lipinski definition) is 3. The Morgan fingerprint density at radius 2 is 2.00 bits per heavy atom. The monoisotopic (exact) mass is 218 g/mol. The molecule has 0 aromatic rings. The summed E-state index contributed by atoms with van der Waals surface area (Å²) in [6, 6.07) is 0. The Balaban J connectivity index is 0. The fraction of sp³-hybridized carbons (Fsp3) is 0.250. The summed E-state index contributed by atoms with van der Waals surface area (Å²) in [7, 11) is -4.81. The zero-order valence-electron chi connectivity index (χ0n) is 6.29. The predicted molar refractivity (Wildman–Crippen MR) is 38.4 cm³/mol. The van der Waals surface area contributed by atoms with Crippen LogP contribution in [0.4, 0.5) is 9.32 Å². The van der Waals surface area contributed by atoms with Gasteiger partial charge in [0, 0.05) is 0 Å². The minimum Gasteiger partial charge on any atom is -0.450 e. The van der Waals surface area contributed by atoms with Gasteiger partial charge in [-0.2, -0.15) is 0 Å². The predicted octanol–water partition coefficient (Wildman–Crippen LogP) is 0.847. The normalized spacial score (nSPS) is 9.46. The molecule has 78 valence electrons. The van der Waals surface area contributed by atoms with Crippen LogP contribution in [-0.2, 0) is 14.0 Å². The summed E-state index contributed by atoms with van der Waals surface area (Å²) in [6.07, 6.45) is 0.105. The van der Waals surface area contributed by atoms with Crippen molar-refractivity contribution in [3.05, 3.63) is 12.7 Å². The van der Waals surface area contributed by atoms with E-state index in [1.54, 1.807) is 0 Å². The molecule has 0 spiro atoms. The molecule has 0 amide bonds. The van der Waals surface area contributed by atoms with Crippen molar-refractivity contribution in [1.29, 1.82) is 0 Å². The molecule has 9 heteroatoms. The van der Waals surface area contributed by atoms with Crippen LogP contribution in [0.3, 0.4) is 0 Å². The van der Waals surface area contributed by atoms with Gasteiger partial charge >= 0.3 is 14.0 Å². The third kappa shape index (κ3) is 24.7. The quantitative estimate of drug-likeness (QED) is 0.365. The van der Waals surface area contributed by atoms with Gasteiger partial charge in [0.1, 0.15) is 6.61 Å². The van der Waals surface area contributed by atoms with Gasteiger partial charge in [0.15, 0.2) is 0 Å². The van der Waals surface area contributed by atoms with Gasteiger partial charge in [-0.1, -0.05) is 17.4 Å². The topological polar surface area (TPSA) is 113 Å². The van der Waals surface area contributed by atoms with Gasteiger partial charge in [-0.15, -0.1) is 0 Å². The number of phosphoric acid groups is 1. The lowest BCUT2D eigenvalue weighted by Gasteiger charge is -1.88. The van der Waals surface area contributed by atoms with E-state index in [0.717, 1.165) is 0 Å². The molecule has 0 heterocycles. The molecule has 0 bridgehead atoms. The minimum atomic E-state index is -4.81. The van der Waals surface area contributed by atoms with Gasteiger partial charge in [0.25, 0.3) is 0 Å². The van der Waals surface area contributed by atoms with Crippen LogP contribution in [0.2, 0.25) is 0 Å². The molecule has 0 aliphatic carbocycles. The summed E-state index contributed by atoms with van der Waals surface area (Å²) >= 11 is 0. The van der Waals surface area contributed by atoms with Crippen LogP contribution in [0.1, 0.15) is 0 Å². The highest BCUT2D eigenvalue weighted by atomic mass is 31.2. The smallest absolute Gasteiger partial charge is 0.450 e. The summed E-state index contributed by atoms with van der Waals surface area (Å²) < 4.78 is 25.4.